The Labute approximate surface area is 115 Å². The summed E-state index contributed by atoms with van der Waals surface area (Å²) in [4.78, 5) is 0. The van der Waals surface area contributed by atoms with E-state index in [1.807, 2.05) is 0 Å². The van der Waals surface area contributed by atoms with E-state index in [-0.39, 0.29) is 0 Å². The van der Waals surface area contributed by atoms with E-state index in [4.69, 9.17) is 0 Å². The lowest BCUT2D eigenvalue weighted by Gasteiger charge is -2.05. The summed E-state index contributed by atoms with van der Waals surface area (Å²) in [6.07, 6.45) is 1.16. The molecule has 1 aliphatic rings. The number of hydrogen-bond acceptors (Lipinski definition) is 0. The van der Waals surface area contributed by atoms with Gasteiger partial charge in [0.15, 0.2) is 0 Å². The summed E-state index contributed by atoms with van der Waals surface area (Å²) in [6, 6.07) is 21.1. The van der Waals surface area contributed by atoms with E-state index in [0.717, 1.165) is 6.42 Å². The van der Waals surface area contributed by atoms with Gasteiger partial charge in [-0.15, -0.1) is 5.73 Å². The van der Waals surface area contributed by atoms with Crippen LogP contribution in [-0.4, -0.2) is 0 Å². The highest BCUT2D eigenvalue weighted by molar-refractivity contribution is 5.80. The third-order valence-corrected chi connectivity index (χ3v) is 3.71. The number of benzene rings is 2. The molecule has 1 aliphatic carbocycles. The fourth-order valence-corrected chi connectivity index (χ4v) is 2.28. The Balaban J connectivity index is 2.17. The Kier molecular flexibility index (Phi) is 2.89. The van der Waals surface area contributed by atoms with Gasteiger partial charge in [-0.2, -0.15) is 0 Å². The first kappa shape index (κ1) is 12.0. The van der Waals surface area contributed by atoms with Crippen molar-refractivity contribution < 1.29 is 0 Å². The molecule has 19 heavy (non-hydrogen) atoms. The van der Waals surface area contributed by atoms with Gasteiger partial charge < -0.3 is 0 Å². The molecule has 0 heteroatoms. The van der Waals surface area contributed by atoms with Gasteiger partial charge in [-0.1, -0.05) is 74.5 Å². The second kappa shape index (κ2) is 4.57. The molecule has 0 atom stereocenters. The molecule has 0 spiro atoms. The van der Waals surface area contributed by atoms with Crippen molar-refractivity contribution in [3.63, 3.8) is 0 Å². The van der Waals surface area contributed by atoms with E-state index < -0.39 is 0 Å². The topological polar surface area (TPSA) is 0 Å². The van der Waals surface area contributed by atoms with Crippen molar-refractivity contribution in [3.05, 3.63) is 83.1 Å². The smallest absolute Gasteiger partial charge is 0.0309 e. The maximum atomic E-state index is 3.65. The predicted molar refractivity (Wildman–Crippen MR) is 80.8 cm³/mol. The third-order valence-electron chi connectivity index (χ3n) is 3.71. The van der Waals surface area contributed by atoms with Gasteiger partial charge in [0.2, 0.25) is 0 Å². The fraction of sp³-hybridized carbons (Fsp3) is 0.211. The van der Waals surface area contributed by atoms with Crippen LogP contribution in [0.4, 0.5) is 0 Å². The highest BCUT2D eigenvalue weighted by Gasteiger charge is 2.39. The lowest BCUT2D eigenvalue weighted by Crippen LogP contribution is -1.86. The summed E-state index contributed by atoms with van der Waals surface area (Å²) in [5.41, 5.74) is 9.10. The predicted octanol–water partition coefficient (Wildman–Crippen LogP) is 5.07. The maximum Gasteiger partial charge on any atom is 0.0309 e. The van der Waals surface area contributed by atoms with Gasteiger partial charge in [0.1, 0.15) is 0 Å². The molecule has 2 aromatic rings. The third kappa shape index (κ3) is 2.54. The number of hydrogen-bond donors (Lipinski definition) is 0. The Bertz CT molecular complexity index is 597. The van der Waals surface area contributed by atoms with Crippen LogP contribution in [0.5, 0.6) is 0 Å². The average molecular weight is 246 g/mol. The van der Waals surface area contributed by atoms with Crippen LogP contribution in [0.1, 0.15) is 31.4 Å². The molecule has 0 aliphatic heterocycles. The summed E-state index contributed by atoms with van der Waals surface area (Å²) in [6.45, 7) is 4.56. The molecule has 0 bridgehead atoms. The molecule has 2 aromatic carbocycles. The molecule has 0 N–H and O–H groups in total. The summed E-state index contributed by atoms with van der Waals surface area (Å²) >= 11 is 0. The van der Waals surface area contributed by atoms with Crippen molar-refractivity contribution >= 4 is 5.57 Å². The van der Waals surface area contributed by atoms with Gasteiger partial charge in [0, 0.05) is 5.57 Å². The van der Waals surface area contributed by atoms with Crippen molar-refractivity contribution in [2.75, 3.05) is 0 Å². The van der Waals surface area contributed by atoms with Gasteiger partial charge in [-0.25, -0.2) is 0 Å². The normalized spacial score (nSPS) is 15.8. The first-order valence-corrected chi connectivity index (χ1v) is 6.78. The minimum absolute atomic E-state index is 0.342. The van der Waals surface area contributed by atoms with E-state index >= 15 is 0 Å². The highest BCUT2D eigenvalue weighted by Crippen LogP contribution is 2.50. The standard InChI is InChI=1S/C19H18/c1-19(2)14-17(19)13-18(15-9-5-3-6-10-15)16-11-7-4-8-12-16/h3-12H,14H2,1-2H3. The van der Waals surface area contributed by atoms with E-state index in [1.54, 1.807) is 0 Å². The SMILES string of the molecule is CC1(C)CC1=C=C(c1ccccc1)c1ccccc1. The first-order chi connectivity index (χ1) is 9.17. The van der Waals surface area contributed by atoms with Crippen LogP contribution >= 0.6 is 0 Å². The van der Waals surface area contributed by atoms with Gasteiger partial charge in [0.25, 0.3) is 0 Å². The highest BCUT2D eigenvalue weighted by atomic mass is 14.4. The Morgan fingerprint density at radius 1 is 0.842 bits per heavy atom. The summed E-state index contributed by atoms with van der Waals surface area (Å²) in [5, 5.41) is 0. The lowest BCUT2D eigenvalue weighted by molar-refractivity contribution is 0.687. The van der Waals surface area contributed by atoms with E-state index in [2.05, 4.69) is 80.2 Å². The minimum Gasteiger partial charge on any atom is -0.112 e. The zero-order chi connectivity index (χ0) is 13.3. The van der Waals surface area contributed by atoms with E-state index in [0.29, 0.717) is 5.41 Å². The Morgan fingerprint density at radius 3 is 1.63 bits per heavy atom. The lowest BCUT2D eigenvalue weighted by atomic mass is 9.98. The molecular formula is C19H18. The van der Waals surface area contributed by atoms with Crippen LogP contribution in [0.2, 0.25) is 0 Å². The van der Waals surface area contributed by atoms with Crippen molar-refractivity contribution in [3.8, 4) is 0 Å². The van der Waals surface area contributed by atoms with Crippen molar-refractivity contribution in [2.45, 2.75) is 20.3 Å². The van der Waals surface area contributed by atoms with Crippen LogP contribution in [0, 0.1) is 5.41 Å². The van der Waals surface area contributed by atoms with E-state index in [9.17, 15) is 0 Å². The molecule has 0 nitrogen and oxygen atoms in total. The molecule has 1 saturated carbocycles. The summed E-state index contributed by atoms with van der Waals surface area (Å²) in [7, 11) is 0. The van der Waals surface area contributed by atoms with Crippen LogP contribution in [0.3, 0.4) is 0 Å². The zero-order valence-electron chi connectivity index (χ0n) is 11.5. The molecule has 0 aromatic heterocycles. The molecule has 0 unspecified atom stereocenters. The Hall–Kier alpha value is -2.04. The first-order valence-electron chi connectivity index (χ1n) is 6.78. The van der Waals surface area contributed by atoms with Gasteiger partial charge in [-0.3, -0.25) is 0 Å². The minimum atomic E-state index is 0.342. The van der Waals surface area contributed by atoms with Crippen LogP contribution < -0.4 is 0 Å². The largest absolute Gasteiger partial charge is 0.112 e. The summed E-state index contributed by atoms with van der Waals surface area (Å²) < 4.78 is 0. The van der Waals surface area contributed by atoms with Crippen molar-refractivity contribution in [1.82, 2.24) is 0 Å². The number of rotatable bonds is 2. The van der Waals surface area contributed by atoms with E-state index in [1.165, 1.54) is 22.3 Å². The van der Waals surface area contributed by atoms with Crippen LogP contribution in [0.25, 0.3) is 5.57 Å². The molecule has 94 valence electrons. The molecular weight excluding hydrogens is 228 g/mol. The average Bonchev–Trinajstić information content (AvgIpc) is 3.05. The molecule has 0 radical (unpaired) electrons. The number of allylic oxidation sites excluding steroid dienone is 1. The fourth-order valence-electron chi connectivity index (χ4n) is 2.28. The Morgan fingerprint density at radius 2 is 1.26 bits per heavy atom. The van der Waals surface area contributed by atoms with Gasteiger partial charge in [-0.05, 0) is 28.5 Å². The molecule has 0 amide bonds. The summed E-state index contributed by atoms with van der Waals surface area (Å²) in [5.74, 6) is 0. The molecule has 1 fully saturated rings. The molecule has 0 saturated heterocycles. The monoisotopic (exact) mass is 246 g/mol. The van der Waals surface area contributed by atoms with Gasteiger partial charge in [0.05, 0.1) is 0 Å². The maximum absolute atomic E-state index is 3.65. The zero-order valence-corrected chi connectivity index (χ0v) is 11.5. The van der Waals surface area contributed by atoms with Crippen molar-refractivity contribution in [2.24, 2.45) is 5.41 Å². The second-order valence-electron chi connectivity index (χ2n) is 5.77. The second-order valence-corrected chi connectivity index (χ2v) is 5.77. The van der Waals surface area contributed by atoms with Gasteiger partial charge >= 0.3 is 0 Å². The molecule has 0 heterocycles. The van der Waals surface area contributed by atoms with Crippen LogP contribution in [0.15, 0.2) is 72.0 Å². The van der Waals surface area contributed by atoms with Crippen molar-refractivity contribution in [1.29, 1.82) is 0 Å². The quantitative estimate of drug-likeness (QED) is 0.649. The molecule has 3 rings (SSSR count). The van der Waals surface area contributed by atoms with Crippen LogP contribution in [-0.2, 0) is 0 Å².